The van der Waals surface area contributed by atoms with Gasteiger partial charge in [0.1, 0.15) is 17.3 Å². The first-order valence-electron chi connectivity index (χ1n) is 7.21. The van der Waals surface area contributed by atoms with Crippen LogP contribution in [0.3, 0.4) is 0 Å². The van der Waals surface area contributed by atoms with Gasteiger partial charge in [0.2, 0.25) is 0 Å². The number of nitrogen functional groups attached to an aromatic ring is 1. The normalized spacial score (nSPS) is 11.2. The maximum atomic E-state index is 6.08. The van der Waals surface area contributed by atoms with Crippen molar-refractivity contribution in [2.24, 2.45) is 0 Å². The van der Waals surface area contributed by atoms with Gasteiger partial charge in [-0.15, -0.1) is 0 Å². The van der Waals surface area contributed by atoms with Crippen LogP contribution in [-0.2, 0) is 13.0 Å². The van der Waals surface area contributed by atoms with E-state index < -0.39 is 0 Å². The van der Waals surface area contributed by atoms with Gasteiger partial charge < -0.3 is 10.3 Å². The van der Waals surface area contributed by atoms with Gasteiger partial charge in [0.05, 0.1) is 5.39 Å². The van der Waals surface area contributed by atoms with Crippen LogP contribution in [0.1, 0.15) is 22.6 Å². The highest BCUT2D eigenvalue weighted by Crippen LogP contribution is 2.27. The Kier molecular flexibility index (Phi) is 3.37. The van der Waals surface area contributed by atoms with Gasteiger partial charge in [-0.25, -0.2) is 9.97 Å². The highest BCUT2D eigenvalue weighted by Gasteiger charge is 2.15. The lowest BCUT2D eigenvalue weighted by molar-refractivity contribution is 0.693. The molecule has 21 heavy (non-hydrogen) atoms. The number of anilines is 1. The van der Waals surface area contributed by atoms with Crippen LogP contribution in [-0.4, -0.2) is 14.5 Å². The van der Waals surface area contributed by atoms with Crippen molar-refractivity contribution in [3.05, 3.63) is 53.0 Å². The van der Waals surface area contributed by atoms with E-state index in [2.05, 4.69) is 52.6 Å². The summed E-state index contributed by atoms with van der Waals surface area (Å²) in [6.45, 7) is 6.99. The molecule has 2 aromatic heterocycles. The largest absolute Gasteiger partial charge is 0.383 e. The molecule has 108 valence electrons. The van der Waals surface area contributed by atoms with Crippen molar-refractivity contribution < 1.29 is 0 Å². The molecule has 0 saturated heterocycles. The summed E-state index contributed by atoms with van der Waals surface area (Å²) < 4.78 is 2.25. The SMILES string of the molecule is Cc1nc(N)c2c(C)c(C)n(CCc3ccccc3)c2n1. The van der Waals surface area contributed by atoms with E-state index in [0.717, 1.165) is 29.8 Å². The Morgan fingerprint density at radius 1 is 1.05 bits per heavy atom. The fourth-order valence-electron chi connectivity index (χ4n) is 2.84. The van der Waals surface area contributed by atoms with Gasteiger partial charge in [-0.1, -0.05) is 30.3 Å². The molecule has 3 aromatic rings. The van der Waals surface area contributed by atoms with Crippen molar-refractivity contribution in [1.29, 1.82) is 0 Å². The van der Waals surface area contributed by atoms with Gasteiger partial charge in [0, 0.05) is 12.2 Å². The average molecular weight is 280 g/mol. The molecule has 0 aliphatic carbocycles. The monoisotopic (exact) mass is 280 g/mol. The van der Waals surface area contributed by atoms with Crippen LogP contribution < -0.4 is 5.73 Å². The van der Waals surface area contributed by atoms with Crippen molar-refractivity contribution >= 4 is 16.9 Å². The molecule has 0 saturated carbocycles. The Hall–Kier alpha value is -2.36. The molecule has 1 aromatic carbocycles. The highest BCUT2D eigenvalue weighted by atomic mass is 15.1. The van der Waals surface area contributed by atoms with Crippen molar-refractivity contribution in [2.45, 2.75) is 33.7 Å². The first kappa shape index (κ1) is 13.6. The van der Waals surface area contributed by atoms with Crippen LogP contribution in [0, 0.1) is 20.8 Å². The number of rotatable bonds is 3. The molecule has 0 spiro atoms. The summed E-state index contributed by atoms with van der Waals surface area (Å²) in [5.74, 6) is 1.30. The standard InChI is InChI=1S/C17H20N4/c1-11-12(2)21(10-9-14-7-5-4-6-8-14)17-15(11)16(18)19-13(3)20-17/h4-8H,9-10H2,1-3H3,(H2,18,19,20). The molecule has 0 radical (unpaired) electrons. The van der Waals surface area contributed by atoms with E-state index in [4.69, 9.17) is 5.73 Å². The van der Waals surface area contributed by atoms with Gasteiger partial charge in [-0.2, -0.15) is 0 Å². The Morgan fingerprint density at radius 3 is 2.48 bits per heavy atom. The molecule has 0 atom stereocenters. The van der Waals surface area contributed by atoms with Crippen LogP contribution >= 0.6 is 0 Å². The zero-order chi connectivity index (χ0) is 15.0. The van der Waals surface area contributed by atoms with Crippen LogP contribution in [0.15, 0.2) is 30.3 Å². The summed E-state index contributed by atoms with van der Waals surface area (Å²) in [6, 6.07) is 10.5. The lowest BCUT2D eigenvalue weighted by Crippen LogP contribution is -2.05. The molecule has 4 heteroatoms. The molecule has 0 unspecified atom stereocenters. The number of nitrogens with zero attached hydrogens (tertiary/aromatic N) is 3. The molecule has 0 bridgehead atoms. The second kappa shape index (κ2) is 5.20. The third kappa shape index (κ3) is 2.37. The van der Waals surface area contributed by atoms with Crippen LogP contribution in [0.2, 0.25) is 0 Å². The number of hydrogen-bond acceptors (Lipinski definition) is 3. The molecule has 0 aliphatic rings. The van der Waals surface area contributed by atoms with E-state index in [-0.39, 0.29) is 0 Å². The molecule has 0 fully saturated rings. The minimum absolute atomic E-state index is 0.580. The Bertz CT molecular complexity index is 788. The first-order valence-corrected chi connectivity index (χ1v) is 7.21. The molecule has 0 aliphatic heterocycles. The summed E-state index contributed by atoms with van der Waals surface area (Å²) in [4.78, 5) is 8.89. The van der Waals surface area contributed by atoms with Gasteiger partial charge >= 0.3 is 0 Å². The van der Waals surface area contributed by atoms with E-state index >= 15 is 0 Å². The second-order valence-electron chi connectivity index (χ2n) is 5.45. The fourth-order valence-corrected chi connectivity index (χ4v) is 2.84. The molecular weight excluding hydrogens is 260 g/mol. The summed E-state index contributed by atoms with van der Waals surface area (Å²) >= 11 is 0. The number of hydrogen-bond donors (Lipinski definition) is 1. The Morgan fingerprint density at radius 2 is 1.76 bits per heavy atom. The maximum Gasteiger partial charge on any atom is 0.146 e. The van der Waals surface area contributed by atoms with Gasteiger partial charge in [-0.05, 0) is 38.3 Å². The van der Waals surface area contributed by atoms with Gasteiger partial charge in [0.15, 0.2) is 0 Å². The van der Waals surface area contributed by atoms with Crippen LogP contribution in [0.4, 0.5) is 5.82 Å². The number of aromatic nitrogens is 3. The smallest absolute Gasteiger partial charge is 0.146 e. The Labute approximate surface area is 124 Å². The van der Waals surface area contributed by atoms with E-state index in [9.17, 15) is 0 Å². The quantitative estimate of drug-likeness (QED) is 0.801. The minimum Gasteiger partial charge on any atom is -0.383 e. The maximum absolute atomic E-state index is 6.08. The molecule has 3 rings (SSSR count). The van der Waals surface area contributed by atoms with Crippen LogP contribution in [0.5, 0.6) is 0 Å². The summed E-state index contributed by atoms with van der Waals surface area (Å²) in [5, 5.41) is 0.992. The van der Waals surface area contributed by atoms with Crippen molar-refractivity contribution in [3.8, 4) is 0 Å². The third-order valence-electron chi connectivity index (χ3n) is 4.07. The number of fused-ring (bicyclic) bond motifs is 1. The number of benzene rings is 1. The molecule has 2 N–H and O–H groups in total. The lowest BCUT2D eigenvalue weighted by atomic mass is 10.1. The van der Waals surface area contributed by atoms with Gasteiger partial charge in [0.25, 0.3) is 0 Å². The third-order valence-corrected chi connectivity index (χ3v) is 4.07. The zero-order valence-electron chi connectivity index (χ0n) is 12.7. The predicted molar refractivity (Wildman–Crippen MR) is 86.3 cm³/mol. The van der Waals surface area contributed by atoms with E-state index in [1.54, 1.807) is 0 Å². The van der Waals surface area contributed by atoms with Crippen molar-refractivity contribution in [2.75, 3.05) is 5.73 Å². The first-order chi connectivity index (χ1) is 10.1. The molecule has 4 nitrogen and oxygen atoms in total. The van der Waals surface area contributed by atoms with Crippen LogP contribution in [0.25, 0.3) is 11.0 Å². The number of nitrogens with two attached hydrogens (primary N) is 1. The summed E-state index contributed by atoms with van der Waals surface area (Å²) in [6.07, 6.45) is 0.980. The fraction of sp³-hybridized carbons (Fsp3) is 0.294. The Balaban J connectivity index is 2.04. The lowest BCUT2D eigenvalue weighted by Gasteiger charge is -2.08. The topological polar surface area (TPSA) is 56.7 Å². The second-order valence-corrected chi connectivity index (χ2v) is 5.45. The van der Waals surface area contributed by atoms with Gasteiger partial charge in [-0.3, -0.25) is 0 Å². The van der Waals surface area contributed by atoms with E-state index in [0.29, 0.717) is 5.82 Å². The van der Waals surface area contributed by atoms with Crippen molar-refractivity contribution in [3.63, 3.8) is 0 Å². The molecule has 0 amide bonds. The van der Waals surface area contributed by atoms with E-state index in [1.807, 2.05) is 13.0 Å². The summed E-state index contributed by atoms with van der Waals surface area (Å²) in [7, 11) is 0. The predicted octanol–water partition coefficient (Wildman–Crippen LogP) is 3.18. The highest BCUT2D eigenvalue weighted by molar-refractivity contribution is 5.91. The molecule has 2 heterocycles. The minimum atomic E-state index is 0.580. The zero-order valence-corrected chi connectivity index (χ0v) is 12.7. The summed E-state index contributed by atoms with van der Waals surface area (Å²) in [5.41, 5.74) is 10.8. The van der Waals surface area contributed by atoms with Crippen molar-refractivity contribution in [1.82, 2.24) is 14.5 Å². The van der Waals surface area contributed by atoms with E-state index in [1.165, 1.54) is 16.8 Å². The number of aryl methyl sites for hydroxylation is 4. The molecular formula is C17H20N4. The average Bonchev–Trinajstić information content (AvgIpc) is 2.70.